The number of nitrogens with one attached hydrogen (secondary N) is 1. The Bertz CT molecular complexity index is 834. The quantitative estimate of drug-likeness (QED) is 0.683. The Hall–Kier alpha value is -3.06. The lowest BCUT2D eigenvalue weighted by Crippen LogP contribution is -2.30. The Kier molecular flexibility index (Phi) is 6.19. The molecule has 0 aliphatic rings. The number of rotatable bonds is 7. The van der Waals surface area contributed by atoms with Crippen molar-refractivity contribution in [3.05, 3.63) is 64.2 Å². The molecule has 0 aliphatic carbocycles. The van der Waals surface area contributed by atoms with Gasteiger partial charge >= 0.3 is 11.9 Å². The zero-order valence-electron chi connectivity index (χ0n) is 13.7. The molecule has 2 rings (SSSR count). The van der Waals surface area contributed by atoms with E-state index in [1.165, 1.54) is 25.3 Å². The third-order valence-corrected chi connectivity index (χ3v) is 3.90. The van der Waals surface area contributed by atoms with Crippen LogP contribution < -0.4 is 10.1 Å². The zero-order valence-corrected chi connectivity index (χ0v) is 14.5. The Balaban J connectivity index is 2.35. The van der Waals surface area contributed by atoms with Crippen LogP contribution >= 0.6 is 11.6 Å². The van der Waals surface area contributed by atoms with Crippen molar-refractivity contribution in [2.75, 3.05) is 7.11 Å². The van der Waals surface area contributed by atoms with E-state index >= 15 is 0 Å². The van der Waals surface area contributed by atoms with Crippen LogP contribution in [0.25, 0.3) is 0 Å². The van der Waals surface area contributed by atoms with Crippen molar-refractivity contribution in [2.45, 2.75) is 12.5 Å². The van der Waals surface area contributed by atoms with Crippen molar-refractivity contribution in [3.63, 3.8) is 0 Å². The molecule has 136 valence electrons. The van der Waals surface area contributed by atoms with E-state index in [0.717, 1.165) is 0 Å². The molecule has 7 nitrogen and oxygen atoms in total. The molecule has 1 atom stereocenters. The monoisotopic (exact) mass is 377 g/mol. The molecular formula is C18H16ClNO6. The summed E-state index contributed by atoms with van der Waals surface area (Å²) in [5.74, 6) is -3.08. The highest BCUT2D eigenvalue weighted by molar-refractivity contribution is 6.30. The molecule has 8 heteroatoms. The summed E-state index contributed by atoms with van der Waals surface area (Å²) in [5, 5.41) is 21.4. The minimum absolute atomic E-state index is 0.00301. The van der Waals surface area contributed by atoms with Gasteiger partial charge in [-0.2, -0.15) is 0 Å². The van der Waals surface area contributed by atoms with Crippen LogP contribution in [0.2, 0.25) is 5.02 Å². The van der Waals surface area contributed by atoms with Crippen molar-refractivity contribution in [1.29, 1.82) is 0 Å². The molecule has 0 fully saturated rings. The molecule has 26 heavy (non-hydrogen) atoms. The third kappa shape index (κ3) is 4.52. The Morgan fingerprint density at radius 3 is 2.23 bits per heavy atom. The summed E-state index contributed by atoms with van der Waals surface area (Å²) in [7, 11) is 1.26. The largest absolute Gasteiger partial charge is 0.495 e. The van der Waals surface area contributed by atoms with Gasteiger partial charge < -0.3 is 20.3 Å². The summed E-state index contributed by atoms with van der Waals surface area (Å²) in [6.45, 7) is 0. The predicted molar refractivity (Wildman–Crippen MR) is 93.9 cm³/mol. The molecular weight excluding hydrogens is 362 g/mol. The summed E-state index contributed by atoms with van der Waals surface area (Å²) in [6, 6.07) is 9.70. The van der Waals surface area contributed by atoms with Gasteiger partial charge in [0.1, 0.15) is 11.3 Å². The number of hydrogen-bond acceptors (Lipinski definition) is 4. The van der Waals surface area contributed by atoms with Gasteiger partial charge in [-0.1, -0.05) is 29.8 Å². The van der Waals surface area contributed by atoms with Crippen LogP contribution in [0.15, 0.2) is 42.5 Å². The molecule has 0 spiro atoms. The Labute approximate surface area is 154 Å². The molecule has 0 aliphatic heterocycles. The normalized spacial score (nSPS) is 11.5. The van der Waals surface area contributed by atoms with E-state index in [9.17, 15) is 19.5 Å². The Morgan fingerprint density at radius 1 is 1.08 bits per heavy atom. The number of carboxylic acid groups (broad SMARTS) is 2. The van der Waals surface area contributed by atoms with Crippen LogP contribution in [0.1, 0.15) is 38.7 Å². The van der Waals surface area contributed by atoms with E-state index in [0.29, 0.717) is 10.6 Å². The smallest absolute Gasteiger partial charge is 0.339 e. The van der Waals surface area contributed by atoms with Crippen molar-refractivity contribution in [3.8, 4) is 5.75 Å². The first-order valence-corrected chi connectivity index (χ1v) is 7.89. The summed E-state index contributed by atoms with van der Waals surface area (Å²) in [4.78, 5) is 35.1. The lowest BCUT2D eigenvalue weighted by molar-refractivity contribution is -0.137. The molecule has 1 unspecified atom stereocenters. The van der Waals surface area contributed by atoms with Crippen LogP contribution in [0.5, 0.6) is 5.75 Å². The standard InChI is InChI=1S/C18H16ClNO6/c1-26-16-12(3-2-4-13(16)18(24)25)17(23)20-14(9-15(21)22)10-5-7-11(19)8-6-10/h2-8,14H,9H2,1H3,(H,20,23)(H,21,22)(H,24,25). The topological polar surface area (TPSA) is 113 Å². The fourth-order valence-electron chi connectivity index (χ4n) is 2.46. The van der Waals surface area contributed by atoms with Gasteiger partial charge in [-0.3, -0.25) is 9.59 Å². The highest BCUT2D eigenvalue weighted by Gasteiger charge is 2.23. The second kappa shape index (κ2) is 8.35. The number of methoxy groups -OCH3 is 1. The average Bonchev–Trinajstić information content (AvgIpc) is 2.60. The summed E-state index contributed by atoms with van der Waals surface area (Å²) in [6.07, 6.45) is -0.353. The van der Waals surface area contributed by atoms with Gasteiger partial charge in [0.2, 0.25) is 0 Å². The number of carbonyl (C=O) groups is 3. The first-order chi connectivity index (χ1) is 12.3. The maximum atomic E-state index is 12.6. The van der Waals surface area contributed by atoms with E-state index < -0.39 is 23.9 Å². The number of aliphatic carboxylic acids is 1. The van der Waals surface area contributed by atoms with Gasteiger partial charge in [0.05, 0.1) is 25.1 Å². The lowest BCUT2D eigenvalue weighted by Gasteiger charge is -2.19. The summed E-state index contributed by atoms with van der Waals surface area (Å²) < 4.78 is 5.07. The van der Waals surface area contributed by atoms with Gasteiger partial charge in [-0.05, 0) is 29.8 Å². The molecule has 0 saturated carbocycles. The predicted octanol–water partition coefficient (Wildman–Crippen LogP) is 2.99. The molecule has 3 N–H and O–H groups in total. The second-order valence-corrected chi connectivity index (χ2v) is 5.80. The van der Waals surface area contributed by atoms with E-state index in [2.05, 4.69) is 5.32 Å². The van der Waals surface area contributed by atoms with Gasteiger partial charge in [-0.15, -0.1) is 0 Å². The van der Waals surface area contributed by atoms with Gasteiger partial charge in [-0.25, -0.2) is 4.79 Å². The number of carboxylic acids is 2. The van der Waals surface area contributed by atoms with Gasteiger partial charge in [0, 0.05) is 5.02 Å². The number of aromatic carboxylic acids is 1. The minimum Gasteiger partial charge on any atom is -0.495 e. The molecule has 0 aromatic heterocycles. The summed E-state index contributed by atoms with van der Waals surface area (Å²) in [5.41, 5.74) is 0.386. The van der Waals surface area contributed by atoms with E-state index in [4.69, 9.17) is 21.4 Å². The maximum absolute atomic E-state index is 12.6. The minimum atomic E-state index is -1.24. The molecule has 0 bridgehead atoms. The number of amides is 1. The summed E-state index contributed by atoms with van der Waals surface area (Å²) >= 11 is 5.83. The van der Waals surface area contributed by atoms with Crippen molar-refractivity contribution in [2.24, 2.45) is 0 Å². The molecule has 2 aromatic rings. The van der Waals surface area contributed by atoms with E-state index in [-0.39, 0.29) is 23.3 Å². The van der Waals surface area contributed by atoms with Crippen LogP contribution in [0.4, 0.5) is 0 Å². The molecule has 1 amide bonds. The van der Waals surface area contributed by atoms with Crippen molar-refractivity contribution < 1.29 is 29.3 Å². The fraction of sp³-hybridized carbons (Fsp3) is 0.167. The molecule has 0 heterocycles. The highest BCUT2D eigenvalue weighted by atomic mass is 35.5. The maximum Gasteiger partial charge on any atom is 0.339 e. The average molecular weight is 378 g/mol. The lowest BCUT2D eigenvalue weighted by atomic mass is 10.0. The van der Waals surface area contributed by atoms with Crippen LogP contribution in [0.3, 0.4) is 0 Å². The second-order valence-electron chi connectivity index (χ2n) is 5.37. The SMILES string of the molecule is COc1c(C(=O)O)cccc1C(=O)NC(CC(=O)O)c1ccc(Cl)cc1. The van der Waals surface area contributed by atoms with Crippen molar-refractivity contribution >= 4 is 29.4 Å². The zero-order chi connectivity index (χ0) is 19.3. The molecule has 2 aromatic carbocycles. The van der Waals surface area contributed by atoms with E-state index in [1.54, 1.807) is 24.3 Å². The number of halogens is 1. The van der Waals surface area contributed by atoms with Crippen LogP contribution in [-0.2, 0) is 4.79 Å². The number of carbonyl (C=O) groups excluding carboxylic acids is 1. The van der Waals surface area contributed by atoms with Crippen LogP contribution in [-0.4, -0.2) is 35.2 Å². The number of para-hydroxylation sites is 1. The molecule has 0 saturated heterocycles. The fourth-order valence-corrected chi connectivity index (χ4v) is 2.59. The van der Waals surface area contributed by atoms with Crippen LogP contribution in [0, 0.1) is 0 Å². The van der Waals surface area contributed by atoms with E-state index in [1.807, 2.05) is 0 Å². The number of benzene rings is 2. The molecule has 0 radical (unpaired) electrons. The Morgan fingerprint density at radius 2 is 1.69 bits per heavy atom. The first kappa shape index (κ1) is 19.3. The first-order valence-electron chi connectivity index (χ1n) is 7.52. The van der Waals surface area contributed by atoms with Gasteiger partial charge in [0.15, 0.2) is 0 Å². The highest BCUT2D eigenvalue weighted by Crippen LogP contribution is 2.26. The van der Waals surface area contributed by atoms with Gasteiger partial charge in [0.25, 0.3) is 5.91 Å². The third-order valence-electron chi connectivity index (χ3n) is 3.65. The number of ether oxygens (including phenoxy) is 1. The van der Waals surface area contributed by atoms with Crippen molar-refractivity contribution in [1.82, 2.24) is 5.32 Å². The number of hydrogen-bond donors (Lipinski definition) is 3.